The Bertz CT molecular complexity index is 866. The lowest BCUT2D eigenvalue weighted by atomic mass is 10.2. The van der Waals surface area contributed by atoms with E-state index in [0.717, 1.165) is 0 Å². The summed E-state index contributed by atoms with van der Waals surface area (Å²) < 4.78 is 30.8. The van der Waals surface area contributed by atoms with Crippen molar-refractivity contribution < 1.29 is 18.3 Å². The summed E-state index contributed by atoms with van der Waals surface area (Å²) in [5, 5.41) is 7.91. The molecule has 1 aromatic rings. The summed E-state index contributed by atoms with van der Waals surface area (Å²) in [7, 11) is -3.62. The highest BCUT2D eigenvalue weighted by atomic mass is 31.2. The average molecular weight is 355 g/mol. The first-order chi connectivity index (χ1) is 11.2. The fourth-order valence-electron chi connectivity index (χ4n) is 2.67. The van der Waals surface area contributed by atoms with Gasteiger partial charge in [-0.1, -0.05) is 0 Å². The highest BCUT2D eigenvalue weighted by Gasteiger charge is 2.53. The van der Waals surface area contributed by atoms with Crippen LogP contribution in [-0.4, -0.2) is 33.5 Å². The molecule has 1 N–H and O–H groups in total. The van der Waals surface area contributed by atoms with Gasteiger partial charge in [0.15, 0.2) is 5.16 Å². The number of aromatic nitrogens is 2. The van der Waals surface area contributed by atoms with Gasteiger partial charge >= 0.3 is 13.3 Å². The van der Waals surface area contributed by atoms with Crippen molar-refractivity contribution in [3.63, 3.8) is 0 Å². The second-order valence-corrected chi connectivity index (χ2v) is 9.03. The van der Waals surface area contributed by atoms with Gasteiger partial charge in [0.05, 0.1) is 12.7 Å². The lowest BCUT2D eigenvalue weighted by Gasteiger charge is -2.35. The zero-order chi connectivity index (χ0) is 17.7. The summed E-state index contributed by atoms with van der Waals surface area (Å²) in [6.07, 6.45) is -0.0243. The van der Waals surface area contributed by atoms with Crippen LogP contribution >= 0.6 is 7.60 Å². The van der Waals surface area contributed by atoms with E-state index in [0.29, 0.717) is 5.56 Å². The van der Waals surface area contributed by atoms with Crippen LogP contribution in [0.2, 0.25) is 0 Å². The molecule has 2 fully saturated rings. The SMILES string of the molecule is Cc1cn([C@H]2C[C@@H]3O[P@@](=O)(C(C)(C)C#N)OC[C@@H]3O2)c(=O)[nH]c1=O. The number of nitrogens with zero attached hydrogens (tertiary/aromatic N) is 2. The summed E-state index contributed by atoms with van der Waals surface area (Å²) in [6, 6.07) is 1.95. The summed E-state index contributed by atoms with van der Waals surface area (Å²) in [5.41, 5.74) is -0.663. The molecule has 9 nitrogen and oxygen atoms in total. The van der Waals surface area contributed by atoms with E-state index in [1.165, 1.54) is 24.6 Å². The number of nitriles is 1. The zero-order valence-electron chi connectivity index (χ0n) is 13.5. The summed E-state index contributed by atoms with van der Waals surface area (Å²) in [4.78, 5) is 25.7. The second kappa shape index (κ2) is 5.67. The molecule has 0 aromatic carbocycles. The molecule has 0 amide bonds. The predicted octanol–water partition coefficient (Wildman–Crippen LogP) is 1.04. The first-order valence-electron chi connectivity index (χ1n) is 7.49. The number of rotatable bonds is 2. The highest BCUT2D eigenvalue weighted by molar-refractivity contribution is 7.56. The molecule has 0 aliphatic carbocycles. The minimum Gasteiger partial charge on any atom is -0.349 e. The Kier molecular flexibility index (Phi) is 4.04. The van der Waals surface area contributed by atoms with Crippen molar-refractivity contribution in [1.82, 2.24) is 9.55 Å². The molecule has 0 bridgehead atoms. The molecule has 0 saturated carbocycles. The third-order valence-corrected chi connectivity index (χ3v) is 6.78. The standard InChI is InChI=1S/C14H18N3O6P/c1-8-5-17(13(19)16-12(8)18)11-4-9-10(22-11)6-21-24(20,23-9)14(2,3)7-15/h5,9-11H,4,6H2,1-3H3,(H,16,18,19)/t9-,10-,11+,24+/m0/s1. The molecule has 2 aliphatic rings. The molecule has 0 spiro atoms. The molecule has 130 valence electrons. The van der Waals surface area contributed by atoms with E-state index in [9.17, 15) is 19.4 Å². The molecule has 3 rings (SSSR count). The third kappa shape index (κ3) is 2.66. The Morgan fingerprint density at radius 2 is 2.12 bits per heavy atom. The molecule has 0 unspecified atom stereocenters. The first-order valence-corrected chi connectivity index (χ1v) is 9.03. The first kappa shape index (κ1) is 17.1. The molecule has 4 atom stereocenters. The largest absolute Gasteiger partial charge is 0.350 e. The van der Waals surface area contributed by atoms with Crippen molar-refractivity contribution in [3.05, 3.63) is 32.6 Å². The van der Waals surface area contributed by atoms with E-state index in [2.05, 4.69) is 4.98 Å². The van der Waals surface area contributed by atoms with Crippen molar-refractivity contribution in [1.29, 1.82) is 5.26 Å². The minimum atomic E-state index is -3.62. The Morgan fingerprint density at radius 3 is 2.79 bits per heavy atom. The van der Waals surface area contributed by atoms with Crippen molar-refractivity contribution in [2.75, 3.05) is 6.61 Å². The maximum Gasteiger partial charge on any atom is 0.350 e. The van der Waals surface area contributed by atoms with Crippen molar-refractivity contribution in [3.8, 4) is 6.07 Å². The number of nitrogens with one attached hydrogen (secondary N) is 1. The third-order valence-electron chi connectivity index (χ3n) is 4.28. The van der Waals surface area contributed by atoms with Crippen molar-refractivity contribution in [2.45, 2.75) is 50.8 Å². The fraction of sp³-hybridized carbons (Fsp3) is 0.643. The monoisotopic (exact) mass is 355 g/mol. The normalized spacial score (nSPS) is 33.0. The van der Waals surface area contributed by atoms with Gasteiger partial charge in [-0.25, -0.2) is 4.79 Å². The van der Waals surface area contributed by atoms with E-state index in [4.69, 9.17) is 13.8 Å². The maximum absolute atomic E-state index is 12.8. The molecule has 2 aliphatic heterocycles. The van der Waals surface area contributed by atoms with E-state index in [-0.39, 0.29) is 13.0 Å². The molecular formula is C14H18N3O6P. The van der Waals surface area contributed by atoms with Gasteiger partial charge in [-0.05, 0) is 20.8 Å². The molecule has 1 aromatic heterocycles. The average Bonchev–Trinajstić information content (AvgIpc) is 2.93. The number of hydrogen-bond acceptors (Lipinski definition) is 7. The van der Waals surface area contributed by atoms with Crippen LogP contribution in [-0.2, 0) is 18.3 Å². The molecule has 2 saturated heterocycles. The lowest BCUT2D eigenvalue weighted by molar-refractivity contribution is -0.0604. The predicted molar refractivity (Wildman–Crippen MR) is 82.7 cm³/mol. The van der Waals surface area contributed by atoms with Crippen molar-refractivity contribution in [2.24, 2.45) is 0 Å². The number of fused-ring (bicyclic) bond motifs is 1. The quantitative estimate of drug-likeness (QED) is 0.786. The van der Waals surface area contributed by atoms with Crippen molar-refractivity contribution >= 4 is 7.60 Å². The van der Waals surface area contributed by atoms with Crippen LogP contribution in [0.4, 0.5) is 0 Å². The van der Waals surface area contributed by atoms with Gasteiger partial charge in [-0.2, -0.15) is 5.26 Å². The second-order valence-electron chi connectivity index (χ2n) is 6.45. The molecular weight excluding hydrogens is 337 g/mol. The van der Waals surface area contributed by atoms with E-state index < -0.39 is 42.4 Å². The number of aromatic amines is 1. The zero-order valence-corrected chi connectivity index (χ0v) is 14.4. The number of aryl methyl sites for hydroxylation is 1. The van der Waals surface area contributed by atoms with Gasteiger partial charge in [0.2, 0.25) is 0 Å². The summed E-state index contributed by atoms with van der Waals surface area (Å²) >= 11 is 0. The fourth-order valence-corrected chi connectivity index (χ4v) is 4.36. The Labute approximate surface area is 137 Å². The van der Waals surface area contributed by atoms with E-state index in [1.54, 1.807) is 6.92 Å². The summed E-state index contributed by atoms with van der Waals surface area (Å²) in [5.74, 6) is 0. The van der Waals surface area contributed by atoms with Crippen LogP contribution in [0.15, 0.2) is 15.8 Å². The Hall–Kier alpha value is -1.72. The highest BCUT2D eigenvalue weighted by Crippen LogP contribution is 2.64. The summed E-state index contributed by atoms with van der Waals surface area (Å²) in [6.45, 7) is 4.59. The smallest absolute Gasteiger partial charge is 0.349 e. The van der Waals surface area contributed by atoms with Crippen LogP contribution in [0.5, 0.6) is 0 Å². The van der Waals surface area contributed by atoms with Crippen LogP contribution in [0, 0.1) is 18.3 Å². The van der Waals surface area contributed by atoms with Gasteiger partial charge in [0, 0.05) is 18.2 Å². The number of H-pyrrole nitrogens is 1. The van der Waals surface area contributed by atoms with E-state index in [1.807, 2.05) is 6.07 Å². The minimum absolute atomic E-state index is 0.0145. The van der Waals surface area contributed by atoms with Crippen LogP contribution in [0.1, 0.15) is 32.1 Å². The molecule has 0 radical (unpaired) electrons. The molecule has 10 heteroatoms. The number of hydrogen-bond donors (Lipinski definition) is 1. The molecule has 24 heavy (non-hydrogen) atoms. The van der Waals surface area contributed by atoms with Crippen LogP contribution in [0.3, 0.4) is 0 Å². The molecule has 3 heterocycles. The topological polar surface area (TPSA) is 123 Å². The van der Waals surface area contributed by atoms with Crippen LogP contribution in [0.25, 0.3) is 0 Å². The van der Waals surface area contributed by atoms with E-state index >= 15 is 0 Å². The number of ether oxygens (including phenoxy) is 1. The van der Waals surface area contributed by atoms with Gasteiger partial charge in [-0.3, -0.25) is 18.9 Å². The Morgan fingerprint density at radius 1 is 1.42 bits per heavy atom. The maximum atomic E-state index is 12.8. The van der Waals surface area contributed by atoms with Crippen LogP contribution < -0.4 is 11.2 Å². The van der Waals surface area contributed by atoms with Gasteiger partial charge in [0.25, 0.3) is 5.56 Å². The lowest BCUT2D eigenvalue weighted by Crippen LogP contribution is -2.37. The van der Waals surface area contributed by atoms with Gasteiger partial charge in [-0.15, -0.1) is 0 Å². The Balaban J connectivity index is 1.85. The van der Waals surface area contributed by atoms with Gasteiger partial charge in [0.1, 0.15) is 18.4 Å². The van der Waals surface area contributed by atoms with Gasteiger partial charge < -0.3 is 13.8 Å².